The van der Waals surface area contributed by atoms with Crippen LogP contribution >= 0.6 is 0 Å². The number of aliphatic hydroxyl groups is 1. The molecule has 2 unspecified atom stereocenters. The average Bonchev–Trinajstić information content (AvgIpc) is 2.17. The van der Waals surface area contributed by atoms with E-state index in [2.05, 4.69) is 0 Å². The van der Waals surface area contributed by atoms with Gasteiger partial charge in [0.25, 0.3) is 0 Å². The Balaban J connectivity index is 2.51. The number of hydrogen-bond acceptors (Lipinski definition) is 5. The average molecular weight is 204 g/mol. The van der Waals surface area contributed by atoms with E-state index in [-0.39, 0.29) is 5.75 Å². The number of benzene rings is 1. The molecular formula is C10H8N2O3. The number of rotatable bonds is 0. The van der Waals surface area contributed by atoms with Crippen LogP contribution in [0, 0.1) is 17.2 Å². The van der Waals surface area contributed by atoms with Gasteiger partial charge in [-0.15, -0.1) is 0 Å². The van der Waals surface area contributed by atoms with E-state index < -0.39 is 18.0 Å². The van der Waals surface area contributed by atoms with E-state index >= 15 is 0 Å². The van der Waals surface area contributed by atoms with Gasteiger partial charge < -0.3 is 15.6 Å². The third kappa shape index (κ3) is 1.41. The van der Waals surface area contributed by atoms with Crippen LogP contribution in [0.4, 0.5) is 5.69 Å². The topological polar surface area (TPSA) is 96.3 Å². The fraction of sp³-hybridized carbons (Fsp3) is 0.200. The maximum absolute atomic E-state index is 11.3. The Kier molecular flexibility index (Phi) is 2.06. The molecule has 0 fully saturated rings. The Morgan fingerprint density at radius 2 is 2.27 bits per heavy atom. The van der Waals surface area contributed by atoms with Crippen molar-refractivity contribution in [2.24, 2.45) is 5.92 Å². The molecule has 1 aliphatic heterocycles. The number of carbonyl (C=O) groups is 1. The summed E-state index contributed by atoms with van der Waals surface area (Å²) in [5.41, 5.74) is 6.35. The Bertz CT molecular complexity index is 464. The molecule has 0 aromatic heterocycles. The van der Waals surface area contributed by atoms with Gasteiger partial charge in [0.15, 0.2) is 5.92 Å². The molecule has 0 radical (unpaired) electrons. The first-order chi connectivity index (χ1) is 7.13. The summed E-state index contributed by atoms with van der Waals surface area (Å²) in [6, 6.07) is 6.28. The number of nitrogens with two attached hydrogens (primary N) is 1. The molecule has 3 N–H and O–H groups in total. The molecule has 0 bridgehead atoms. The summed E-state index contributed by atoms with van der Waals surface area (Å²) in [6.07, 6.45) is -1.15. The second-order valence-electron chi connectivity index (χ2n) is 3.27. The van der Waals surface area contributed by atoms with Crippen molar-refractivity contribution in [2.45, 2.75) is 6.10 Å². The fourth-order valence-corrected chi connectivity index (χ4v) is 1.49. The minimum absolute atomic E-state index is 0.221. The van der Waals surface area contributed by atoms with E-state index in [9.17, 15) is 9.90 Å². The van der Waals surface area contributed by atoms with Crippen LogP contribution in [0.5, 0.6) is 5.75 Å². The second-order valence-corrected chi connectivity index (χ2v) is 3.27. The number of fused-ring (bicyclic) bond motifs is 1. The molecule has 0 aliphatic carbocycles. The minimum atomic E-state index is -1.17. The molecule has 1 aliphatic rings. The molecule has 5 heteroatoms. The van der Waals surface area contributed by atoms with Crippen molar-refractivity contribution in [3.05, 3.63) is 23.8 Å². The Morgan fingerprint density at radius 3 is 2.93 bits per heavy atom. The van der Waals surface area contributed by atoms with Crippen molar-refractivity contribution >= 4 is 11.7 Å². The molecular weight excluding hydrogens is 196 g/mol. The normalized spacial score (nSPS) is 23.9. The van der Waals surface area contributed by atoms with Crippen LogP contribution in [0.15, 0.2) is 18.2 Å². The lowest BCUT2D eigenvalue weighted by Gasteiger charge is -2.24. The van der Waals surface area contributed by atoms with Gasteiger partial charge in [-0.1, -0.05) is 6.07 Å². The molecule has 1 aromatic carbocycles. The molecule has 0 amide bonds. The standard InChI is InChI=1S/C10H8N2O3/c11-4-7-9(13)6-2-1-5(12)3-8(6)15-10(7)14/h1-3,7,9,13H,12H2. The Hall–Kier alpha value is -2.06. The molecule has 2 atom stereocenters. The van der Waals surface area contributed by atoms with Crippen LogP contribution in [-0.2, 0) is 4.79 Å². The zero-order chi connectivity index (χ0) is 11.0. The van der Waals surface area contributed by atoms with Crippen LogP contribution in [0.3, 0.4) is 0 Å². The van der Waals surface area contributed by atoms with Gasteiger partial charge in [-0.3, -0.25) is 4.79 Å². The third-order valence-electron chi connectivity index (χ3n) is 2.28. The van der Waals surface area contributed by atoms with E-state index in [1.54, 1.807) is 18.2 Å². The number of anilines is 1. The van der Waals surface area contributed by atoms with E-state index in [1.165, 1.54) is 6.07 Å². The molecule has 0 saturated carbocycles. The first-order valence-corrected chi connectivity index (χ1v) is 4.32. The van der Waals surface area contributed by atoms with Gasteiger partial charge >= 0.3 is 5.97 Å². The van der Waals surface area contributed by atoms with E-state index in [0.29, 0.717) is 11.3 Å². The summed E-state index contributed by atoms with van der Waals surface area (Å²) in [5.74, 6) is -1.69. The number of carbonyl (C=O) groups excluding carboxylic acids is 1. The van der Waals surface area contributed by atoms with Gasteiger partial charge in [0.1, 0.15) is 11.9 Å². The highest BCUT2D eigenvalue weighted by Gasteiger charge is 2.36. The predicted octanol–water partition coefficient (Wildman–Crippen LogP) is 0.361. The van der Waals surface area contributed by atoms with Crippen molar-refractivity contribution in [3.8, 4) is 11.8 Å². The van der Waals surface area contributed by atoms with Gasteiger partial charge in [0.2, 0.25) is 0 Å². The SMILES string of the molecule is N#CC1C(=O)Oc2cc(N)ccc2C1O. The molecule has 0 spiro atoms. The van der Waals surface area contributed by atoms with Crippen molar-refractivity contribution in [3.63, 3.8) is 0 Å². The number of nitriles is 1. The Labute approximate surface area is 85.7 Å². The van der Waals surface area contributed by atoms with Crippen molar-refractivity contribution < 1.29 is 14.6 Å². The third-order valence-corrected chi connectivity index (χ3v) is 2.28. The summed E-state index contributed by atoms with van der Waals surface area (Å²) in [6.45, 7) is 0. The molecule has 1 aromatic rings. The van der Waals surface area contributed by atoms with Crippen LogP contribution < -0.4 is 10.5 Å². The lowest BCUT2D eigenvalue weighted by Crippen LogP contribution is -2.30. The summed E-state index contributed by atoms with van der Waals surface area (Å²) in [7, 11) is 0. The van der Waals surface area contributed by atoms with Gasteiger partial charge in [-0.05, 0) is 6.07 Å². The summed E-state index contributed by atoms with van der Waals surface area (Å²) in [4.78, 5) is 11.3. The molecule has 1 heterocycles. The summed E-state index contributed by atoms with van der Waals surface area (Å²) >= 11 is 0. The van der Waals surface area contributed by atoms with E-state index in [0.717, 1.165) is 0 Å². The summed E-state index contributed by atoms with van der Waals surface area (Å²) in [5, 5.41) is 18.4. The number of esters is 1. The van der Waals surface area contributed by atoms with Gasteiger partial charge in [0.05, 0.1) is 6.07 Å². The van der Waals surface area contributed by atoms with Crippen LogP contribution in [0.2, 0.25) is 0 Å². The highest BCUT2D eigenvalue weighted by molar-refractivity contribution is 5.81. The van der Waals surface area contributed by atoms with E-state index in [1.807, 2.05) is 0 Å². The predicted molar refractivity (Wildman–Crippen MR) is 50.6 cm³/mol. The number of nitrogen functional groups attached to an aromatic ring is 1. The zero-order valence-corrected chi connectivity index (χ0v) is 7.68. The highest BCUT2D eigenvalue weighted by atomic mass is 16.5. The Morgan fingerprint density at radius 1 is 1.53 bits per heavy atom. The molecule has 5 nitrogen and oxygen atoms in total. The van der Waals surface area contributed by atoms with Crippen LogP contribution in [0.25, 0.3) is 0 Å². The zero-order valence-electron chi connectivity index (χ0n) is 7.68. The molecule has 76 valence electrons. The lowest BCUT2D eigenvalue weighted by molar-refractivity contribution is -0.142. The van der Waals surface area contributed by atoms with Crippen molar-refractivity contribution in [2.75, 3.05) is 5.73 Å². The maximum atomic E-state index is 11.3. The lowest BCUT2D eigenvalue weighted by atomic mass is 9.93. The first kappa shape index (κ1) is 9.49. The largest absolute Gasteiger partial charge is 0.425 e. The smallest absolute Gasteiger partial charge is 0.331 e. The fourth-order valence-electron chi connectivity index (χ4n) is 1.49. The maximum Gasteiger partial charge on any atom is 0.331 e. The van der Waals surface area contributed by atoms with Crippen molar-refractivity contribution in [1.29, 1.82) is 5.26 Å². The van der Waals surface area contributed by atoms with Crippen LogP contribution in [-0.4, -0.2) is 11.1 Å². The quantitative estimate of drug-likeness (QED) is 0.361. The highest BCUT2D eigenvalue weighted by Crippen LogP contribution is 2.36. The number of nitrogens with zero attached hydrogens (tertiary/aromatic N) is 1. The van der Waals surface area contributed by atoms with Crippen LogP contribution in [0.1, 0.15) is 11.7 Å². The number of ether oxygens (including phenoxy) is 1. The number of aliphatic hydroxyl groups excluding tert-OH is 1. The molecule has 0 saturated heterocycles. The van der Waals surface area contributed by atoms with E-state index in [4.69, 9.17) is 15.7 Å². The van der Waals surface area contributed by atoms with Crippen molar-refractivity contribution in [1.82, 2.24) is 0 Å². The first-order valence-electron chi connectivity index (χ1n) is 4.32. The van der Waals surface area contributed by atoms with Gasteiger partial charge in [-0.25, -0.2) is 0 Å². The molecule has 2 rings (SSSR count). The van der Waals surface area contributed by atoms with Gasteiger partial charge in [-0.2, -0.15) is 5.26 Å². The minimum Gasteiger partial charge on any atom is -0.425 e. The molecule has 15 heavy (non-hydrogen) atoms. The second kappa shape index (κ2) is 3.26. The number of hydrogen-bond donors (Lipinski definition) is 2. The monoisotopic (exact) mass is 204 g/mol. The van der Waals surface area contributed by atoms with Gasteiger partial charge in [0, 0.05) is 17.3 Å². The summed E-state index contributed by atoms with van der Waals surface area (Å²) < 4.78 is 4.89.